The molecule has 4 N–H and O–H groups in total. The second kappa shape index (κ2) is 3.67. The van der Waals surface area contributed by atoms with Crippen molar-refractivity contribution in [2.24, 2.45) is 5.73 Å². The Morgan fingerprint density at radius 3 is 2.25 bits per heavy atom. The van der Waals surface area contributed by atoms with Gasteiger partial charge in [0.15, 0.2) is 0 Å². The number of rotatable bonds is 3. The monoisotopic (exact) mass is 167 g/mol. The smallest absolute Gasteiger partial charge is 0.220 e. The maximum Gasteiger partial charge on any atom is 0.220 e. The number of aryl methyl sites for hydroxylation is 1. The second-order valence-electron chi connectivity index (χ2n) is 2.86. The van der Waals surface area contributed by atoms with Gasteiger partial charge in [-0.3, -0.25) is 5.73 Å². The molecular formula is C9H13NO2. The molecule has 0 atom stereocenters. The van der Waals surface area contributed by atoms with Crippen molar-refractivity contribution in [3.8, 4) is 0 Å². The van der Waals surface area contributed by atoms with E-state index in [1.165, 1.54) is 0 Å². The lowest BCUT2D eigenvalue weighted by Crippen LogP contribution is -2.39. The van der Waals surface area contributed by atoms with Crippen LogP contribution in [0.15, 0.2) is 30.3 Å². The quantitative estimate of drug-likeness (QED) is 0.564. The fourth-order valence-corrected chi connectivity index (χ4v) is 0.973. The second-order valence-corrected chi connectivity index (χ2v) is 2.86. The van der Waals surface area contributed by atoms with Crippen LogP contribution in [0.3, 0.4) is 0 Å². The summed E-state index contributed by atoms with van der Waals surface area (Å²) >= 11 is 0. The molecule has 0 amide bonds. The molecular weight excluding hydrogens is 154 g/mol. The van der Waals surface area contributed by atoms with Crippen molar-refractivity contribution in [2.45, 2.75) is 18.8 Å². The normalized spacial score (nSPS) is 11.6. The lowest BCUT2D eigenvalue weighted by atomic mass is 10.1. The van der Waals surface area contributed by atoms with Gasteiger partial charge in [0.25, 0.3) is 0 Å². The summed E-state index contributed by atoms with van der Waals surface area (Å²) in [7, 11) is 0. The first-order chi connectivity index (χ1) is 5.58. The Kier molecular flexibility index (Phi) is 2.81. The first-order valence-electron chi connectivity index (χ1n) is 3.85. The Morgan fingerprint density at radius 1 is 1.17 bits per heavy atom. The molecule has 0 heterocycles. The van der Waals surface area contributed by atoms with E-state index in [-0.39, 0.29) is 6.42 Å². The number of nitrogens with two attached hydrogens (primary N) is 1. The first kappa shape index (κ1) is 9.19. The third-order valence-corrected chi connectivity index (χ3v) is 1.62. The molecule has 0 aliphatic heterocycles. The fourth-order valence-electron chi connectivity index (χ4n) is 0.973. The largest absolute Gasteiger partial charge is 0.354 e. The van der Waals surface area contributed by atoms with Gasteiger partial charge in [0.2, 0.25) is 5.91 Å². The van der Waals surface area contributed by atoms with Crippen LogP contribution in [0.2, 0.25) is 0 Å². The standard InChI is InChI=1S/C9H13NO2/c10-9(11,12)7-6-8-4-2-1-3-5-8/h1-5,11-12H,6-7,10H2. The molecule has 1 aromatic rings. The first-order valence-corrected chi connectivity index (χ1v) is 3.85. The third-order valence-electron chi connectivity index (χ3n) is 1.62. The predicted octanol–water partition coefficient (Wildman–Crippen LogP) is 0.216. The average Bonchev–Trinajstić information content (AvgIpc) is 2.02. The molecule has 0 radical (unpaired) electrons. The molecule has 1 aromatic carbocycles. The van der Waals surface area contributed by atoms with Crippen molar-refractivity contribution < 1.29 is 10.2 Å². The van der Waals surface area contributed by atoms with Crippen molar-refractivity contribution in [1.29, 1.82) is 0 Å². The molecule has 0 bridgehead atoms. The molecule has 0 aliphatic rings. The van der Waals surface area contributed by atoms with E-state index < -0.39 is 5.91 Å². The number of hydrogen-bond acceptors (Lipinski definition) is 3. The maximum absolute atomic E-state index is 8.81. The SMILES string of the molecule is NC(O)(O)CCc1ccccc1. The average molecular weight is 167 g/mol. The number of hydrogen-bond donors (Lipinski definition) is 3. The van der Waals surface area contributed by atoms with Crippen LogP contribution >= 0.6 is 0 Å². The van der Waals surface area contributed by atoms with Gasteiger partial charge in [0.05, 0.1) is 0 Å². The number of benzene rings is 1. The molecule has 0 unspecified atom stereocenters. The van der Waals surface area contributed by atoms with E-state index in [1.807, 2.05) is 30.3 Å². The van der Waals surface area contributed by atoms with Gasteiger partial charge in [0.1, 0.15) is 0 Å². The highest BCUT2D eigenvalue weighted by molar-refractivity contribution is 5.14. The van der Waals surface area contributed by atoms with Crippen molar-refractivity contribution >= 4 is 0 Å². The highest BCUT2D eigenvalue weighted by Gasteiger charge is 2.14. The van der Waals surface area contributed by atoms with E-state index in [0.29, 0.717) is 6.42 Å². The Balaban J connectivity index is 2.44. The topological polar surface area (TPSA) is 66.5 Å². The summed E-state index contributed by atoms with van der Waals surface area (Å²) in [5.74, 6) is -2.05. The van der Waals surface area contributed by atoms with E-state index in [0.717, 1.165) is 5.56 Å². The molecule has 0 aromatic heterocycles. The Hall–Kier alpha value is -0.900. The van der Waals surface area contributed by atoms with Gasteiger partial charge < -0.3 is 10.2 Å². The van der Waals surface area contributed by atoms with E-state index >= 15 is 0 Å². The molecule has 1 rings (SSSR count). The van der Waals surface area contributed by atoms with Crippen LogP contribution in [-0.2, 0) is 6.42 Å². The summed E-state index contributed by atoms with van der Waals surface area (Å²) in [5.41, 5.74) is 6.05. The predicted molar refractivity (Wildman–Crippen MR) is 46.1 cm³/mol. The summed E-state index contributed by atoms with van der Waals surface area (Å²) in [6.45, 7) is 0. The minimum absolute atomic E-state index is 0.150. The lowest BCUT2D eigenvalue weighted by Gasteiger charge is -2.14. The summed E-state index contributed by atoms with van der Waals surface area (Å²) in [4.78, 5) is 0. The van der Waals surface area contributed by atoms with Crippen molar-refractivity contribution in [2.75, 3.05) is 0 Å². The highest BCUT2D eigenvalue weighted by atomic mass is 16.5. The molecule has 0 spiro atoms. The molecule has 0 saturated carbocycles. The van der Waals surface area contributed by atoms with Crippen LogP contribution in [-0.4, -0.2) is 16.1 Å². The van der Waals surface area contributed by atoms with Crippen LogP contribution in [0.25, 0.3) is 0 Å². The van der Waals surface area contributed by atoms with Crippen LogP contribution in [0, 0.1) is 0 Å². The zero-order chi connectivity index (χ0) is 9.03. The van der Waals surface area contributed by atoms with Gasteiger partial charge in [-0.2, -0.15) is 0 Å². The van der Waals surface area contributed by atoms with E-state index in [9.17, 15) is 0 Å². The van der Waals surface area contributed by atoms with Crippen LogP contribution in [0.4, 0.5) is 0 Å². The van der Waals surface area contributed by atoms with Gasteiger partial charge in [-0.1, -0.05) is 30.3 Å². The molecule has 3 nitrogen and oxygen atoms in total. The van der Waals surface area contributed by atoms with Gasteiger partial charge in [0, 0.05) is 6.42 Å². The van der Waals surface area contributed by atoms with Crippen LogP contribution in [0.5, 0.6) is 0 Å². The van der Waals surface area contributed by atoms with Gasteiger partial charge >= 0.3 is 0 Å². The Labute approximate surface area is 71.5 Å². The summed E-state index contributed by atoms with van der Waals surface area (Å²) in [6, 6.07) is 9.57. The molecule has 0 fully saturated rings. The lowest BCUT2D eigenvalue weighted by molar-refractivity contribution is -0.159. The van der Waals surface area contributed by atoms with Crippen LogP contribution < -0.4 is 5.73 Å². The third kappa shape index (κ3) is 3.48. The van der Waals surface area contributed by atoms with Crippen molar-refractivity contribution in [3.63, 3.8) is 0 Å². The maximum atomic E-state index is 8.81. The zero-order valence-corrected chi connectivity index (χ0v) is 6.77. The van der Waals surface area contributed by atoms with Crippen LogP contribution in [0.1, 0.15) is 12.0 Å². The molecule has 0 aliphatic carbocycles. The molecule has 3 heteroatoms. The van der Waals surface area contributed by atoms with Gasteiger partial charge in [-0.15, -0.1) is 0 Å². The Bertz CT molecular complexity index is 228. The van der Waals surface area contributed by atoms with E-state index in [1.54, 1.807) is 0 Å². The molecule has 66 valence electrons. The fraction of sp³-hybridized carbons (Fsp3) is 0.333. The summed E-state index contributed by atoms with van der Waals surface area (Å²) in [6.07, 6.45) is 0.724. The van der Waals surface area contributed by atoms with Gasteiger partial charge in [-0.05, 0) is 12.0 Å². The molecule has 12 heavy (non-hydrogen) atoms. The van der Waals surface area contributed by atoms with Gasteiger partial charge in [-0.25, -0.2) is 0 Å². The summed E-state index contributed by atoms with van der Waals surface area (Å²) < 4.78 is 0. The van der Waals surface area contributed by atoms with Crippen molar-refractivity contribution in [3.05, 3.63) is 35.9 Å². The molecule has 0 saturated heterocycles. The van der Waals surface area contributed by atoms with Crippen molar-refractivity contribution in [1.82, 2.24) is 0 Å². The zero-order valence-electron chi connectivity index (χ0n) is 6.77. The minimum Gasteiger partial charge on any atom is -0.354 e. The van der Waals surface area contributed by atoms with E-state index in [2.05, 4.69) is 0 Å². The van der Waals surface area contributed by atoms with E-state index in [4.69, 9.17) is 15.9 Å². The highest BCUT2D eigenvalue weighted by Crippen LogP contribution is 2.06. The Morgan fingerprint density at radius 2 is 1.75 bits per heavy atom. The summed E-state index contributed by atoms with van der Waals surface area (Å²) in [5, 5.41) is 17.6. The number of aliphatic hydroxyl groups is 2. The minimum atomic E-state index is -2.05.